The fourth-order valence-electron chi connectivity index (χ4n) is 3.03. The van der Waals surface area contributed by atoms with E-state index in [-0.39, 0.29) is 5.57 Å². The Bertz CT molecular complexity index is 1090. The second kappa shape index (κ2) is 7.94. The van der Waals surface area contributed by atoms with Crippen molar-refractivity contribution < 1.29 is 4.79 Å². The van der Waals surface area contributed by atoms with E-state index in [0.29, 0.717) is 17.3 Å². The molecule has 0 radical (unpaired) electrons. The minimum Gasteiger partial charge on any atom is -0.340 e. The molecule has 1 N–H and O–H groups in total. The summed E-state index contributed by atoms with van der Waals surface area (Å²) in [4.78, 5) is 12.6. The third-order valence-corrected chi connectivity index (χ3v) is 4.60. The standard InChI is InChI=1S/C22H18ClN3O/c1-3-12-26-15(2)20(19-6-4-5-7-21(19)26)13-16(14-24)22(27)25-18-10-8-17(23)9-11-18/h3-11,13H,1,12H2,2H3,(H,25,27)/b16-13-. The SMILES string of the molecule is C=CCn1c(C)c(/C=C(/C#N)C(=O)Nc2ccc(Cl)cc2)c2ccccc21. The fourth-order valence-corrected chi connectivity index (χ4v) is 3.15. The van der Waals surface area contributed by atoms with Gasteiger partial charge in [-0.2, -0.15) is 5.26 Å². The summed E-state index contributed by atoms with van der Waals surface area (Å²) in [5.74, 6) is -0.459. The second-order valence-corrected chi connectivity index (χ2v) is 6.48. The van der Waals surface area contributed by atoms with E-state index in [2.05, 4.69) is 16.5 Å². The molecule has 0 aliphatic heterocycles. The van der Waals surface area contributed by atoms with Gasteiger partial charge in [-0.3, -0.25) is 4.79 Å². The summed E-state index contributed by atoms with van der Waals surface area (Å²) in [6.07, 6.45) is 3.47. The van der Waals surface area contributed by atoms with Crippen LogP contribution in [0.25, 0.3) is 17.0 Å². The Morgan fingerprint density at radius 2 is 1.96 bits per heavy atom. The van der Waals surface area contributed by atoms with Crippen molar-refractivity contribution in [2.24, 2.45) is 0 Å². The van der Waals surface area contributed by atoms with Gasteiger partial charge < -0.3 is 9.88 Å². The molecule has 134 valence electrons. The molecule has 0 fully saturated rings. The maximum Gasteiger partial charge on any atom is 0.266 e. The van der Waals surface area contributed by atoms with E-state index in [1.165, 1.54) is 0 Å². The molecule has 5 heteroatoms. The molecule has 1 amide bonds. The number of aromatic nitrogens is 1. The first-order valence-electron chi connectivity index (χ1n) is 8.42. The van der Waals surface area contributed by atoms with Gasteiger partial charge in [-0.05, 0) is 43.3 Å². The number of carbonyl (C=O) groups excluding carboxylic acids is 1. The van der Waals surface area contributed by atoms with Gasteiger partial charge in [-0.15, -0.1) is 6.58 Å². The molecule has 1 aromatic heterocycles. The van der Waals surface area contributed by atoms with Crippen molar-refractivity contribution in [2.45, 2.75) is 13.5 Å². The Hall–Kier alpha value is -3.29. The number of halogens is 1. The molecule has 4 nitrogen and oxygen atoms in total. The average molecular weight is 376 g/mol. The van der Waals surface area contributed by atoms with E-state index in [0.717, 1.165) is 22.2 Å². The van der Waals surface area contributed by atoms with E-state index >= 15 is 0 Å². The summed E-state index contributed by atoms with van der Waals surface area (Å²) in [7, 11) is 0. The highest BCUT2D eigenvalue weighted by molar-refractivity contribution is 6.30. The molecule has 27 heavy (non-hydrogen) atoms. The zero-order valence-corrected chi connectivity index (χ0v) is 15.6. The third kappa shape index (κ3) is 3.79. The van der Waals surface area contributed by atoms with E-state index in [4.69, 9.17) is 11.6 Å². The number of fused-ring (bicyclic) bond motifs is 1. The minimum absolute atomic E-state index is 0.0366. The molecule has 0 aliphatic rings. The summed E-state index contributed by atoms with van der Waals surface area (Å²) in [5.41, 5.74) is 3.49. The Kier molecular flexibility index (Phi) is 5.44. The largest absolute Gasteiger partial charge is 0.340 e. The molecule has 0 spiro atoms. The lowest BCUT2D eigenvalue weighted by Crippen LogP contribution is -2.13. The van der Waals surface area contributed by atoms with Gasteiger partial charge in [0.15, 0.2) is 0 Å². The summed E-state index contributed by atoms with van der Waals surface area (Å²) in [6, 6.07) is 16.7. The van der Waals surface area contributed by atoms with Crippen LogP contribution >= 0.6 is 11.6 Å². The Balaban J connectivity index is 2.02. The van der Waals surface area contributed by atoms with Gasteiger partial charge >= 0.3 is 0 Å². The third-order valence-electron chi connectivity index (χ3n) is 4.35. The molecular formula is C22H18ClN3O. The van der Waals surface area contributed by atoms with Crippen LogP contribution in [0, 0.1) is 18.3 Å². The van der Waals surface area contributed by atoms with E-state index in [1.807, 2.05) is 43.3 Å². The normalized spacial score (nSPS) is 11.2. The molecular weight excluding hydrogens is 358 g/mol. The number of hydrogen-bond donors (Lipinski definition) is 1. The van der Waals surface area contributed by atoms with Crippen molar-refractivity contribution in [3.8, 4) is 6.07 Å². The van der Waals surface area contributed by atoms with E-state index in [1.54, 1.807) is 30.3 Å². The van der Waals surface area contributed by atoms with Crippen molar-refractivity contribution in [1.82, 2.24) is 4.57 Å². The van der Waals surface area contributed by atoms with Crippen LogP contribution in [0.3, 0.4) is 0 Å². The summed E-state index contributed by atoms with van der Waals surface area (Å²) >= 11 is 5.86. The number of nitrogens with zero attached hydrogens (tertiary/aromatic N) is 2. The smallest absolute Gasteiger partial charge is 0.266 e. The predicted molar refractivity (Wildman–Crippen MR) is 111 cm³/mol. The number of rotatable bonds is 5. The first-order chi connectivity index (χ1) is 13.0. The zero-order valence-electron chi connectivity index (χ0n) is 14.9. The molecule has 3 aromatic rings. The minimum atomic E-state index is -0.459. The molecule has 0 saturated carbocycles. The van der Waals surface area contributed by atoms with Crippen LogP contribution in [-0.4, -0.2) is 10.5 Å². The lowest BCUT2D eigenvalue weighted by atomic mass is 10.1. The van der Waals surface area contributed by atoms with Crippen LogP contribution in [0.4, 0.5) is 5.69 Å². The van der Waals surface area contributed by atoms with Crippen molar-refractivity contribution >= 4 is 40.2 Å². The van der Waals surface area contributed by atoms with Gasteiger partial charge in [0.05, 0.1) is 0 Å². The summed E-state index contributed by atoms with van der Waals surface area (Å²) in [5, 5.41) is 13.8. The van der Waals surface area contributed by atoms with Crippen LogP contribution in [0.15, 0.2) is 66.8 Å². The van der Waals surface area contributed by atoms with Crippen LogP contribution in [0.1, 0.15) is 11.3 Å². The fraction of sp³-hybridized carbons (Fsp3) is 0.0909. The Morgan fingerprint density at radius 3 is 2.63 bits per heavy atom. The van der Waals surface area contributed by atoms with Gasteiger partial charge in [0, 0.05) is 39.4 Å². The van der Waals surface area contributed by atoms with Gasteiger partial charge in [0.1, 0.15) is 11.6 Å². The lowest BCUT2D eigenvalue weighted by Gasteiger charge is -2.05. The van der Waals surface area contributed by atoms with Crippen molar-refractivity contribution in [3.63, 3.8) is 0 Å². The van der Waals surface area contributed by atoms with Crippen LogP contribution < -0.4 is 5.32 Å². The number of nitrogens with one attached hydrogen (secondary N) is 1. The molecule has 1 heterocycles. The number of amides is 1. The van der Waals surface area contributed by atoms with Crippen LogP contribution in [-0.2, 0) is 11.3 Å². The number of anilines is 1. The highest BCUT2D eigenvalue weighted by atomic mass is 35.5. The average Bonchev–Trinajstić information content (AvgIpc) is 2.93. The molecule has 0 aliphatic carbocycles. The lowest BCUT2D eigenvalue weighted by molar-refractivity contribution is -0.112. The molecule has 0 unspecified atom stereocenters. The topological polar surface area (TPSA) is 57.8 Å². The number of nitriles is 1. The van der Waals surface area contributed by atoms with Gasteiger partial charge in [-0.1, -0.05) is 35.9 Å². The van der Waals surface area contributed by atoms with Gasteiger partial charge in [0.2, 0.25) is 0 Å². The molecule has 3 rings (SSSR count). The van der Waals surface area contributed by atoms with Gasteiger partial charge in [0.25, 0.3) is 5.91 Å². The predicted octanol–water partition coefficient (Wildman–Crippen LogP) is 5.33. The Labute approximate surface area is 163 Å². The van der Waals surface area contributed by atoms with Crippen molar-refractivity contribution in [1.29, 1.82) is 5.26 Å². The summed E-state index contributed by atoms with van der Waals surface area (Å²) in [6.45, 7) is 6.43. The number of hydrogen-bond acceptors (Lipinski definition) is 2. The molecule has 2 aromatic carbocycles. The Morgan fingerprint density at radius 1 is 1.26 bits per heavy atom. The van der Waals surface area contributed by atoms with Crippen molar-refractivity contribution in [3.05, 3.63) is 83.0 Å². The molecule has 0 bridgehead atoms. The van der Waals surface area contributed by atoms with Crippen molar-refractivity contribution in [2.75, 3.05) is 5.32 Å². The highest BCUT2D eigenvalue weighted by Crippen LogP contribution is 2.28. The number of para-hydroxylation sites is 1. The molecule has 0 atom stereocenters. The van der Waals surface area contributed by atoms with E-state index in [9.17, 15) is 10.1 Å². The zero-order chi connectivity index (χ0) is 19.4. The monoisotopic (exact) mass is 375 g/mol. The molecule has 0 saturated heterocycles. The number of benzene rings is 2. The summed E-state index contributed by atoms with van der Waals surface area (Å²) < 4.78 is 2.11. The highest BCUT2D eigenvalue weighted by Gasteiger charge is 2.15. The van der Waals surface area contributed by atoms with Crippen LogP contribution in [0.2, 0.25) is 5.02 Å². The van der Waals surface area contributed by atoms with Crippen LogP contribution in [0.5, 0.6) is 0 Å². The number of allylic oxidation sites excluding steroid dienone is 1. The maximum absolute atomic E-state index is 12.6. The first kappa shape index (κ1) is 18.5. The first-order valence-corrected chi connectivity index (χ1v) is 8.80. The quantitative estimate of drug-likeness (QED) is 0.372. The van der Waals surface area contributed by atoms with Gasteiger partial charge in [-0.25, -0.2) is 0 Å². The maximum atomic E-state index is 12.6. The second-order valence-electron chi connectivity index (χ2n) is 6.05. The van der Waals surface area contributed by atoms with E-state index < -0.39 is 5.91 Å². The number of carbonyl (C=O) groups is 1.